The maximum Gasteiger partial charge on any atom is 0.254 e. The van der Waals surface area contributed by atoms with Crippen LogP contribution in [-0.4, -0.2) is 49.0 Å². The van der Waals surface area contributed by atoms with Gasteiger partial charge in [-0.05, 0) is 31.0 Å². The van der Waals surface area contributed by atoms with E-state index < -0.39 is 5.97 Å². The Morgan fingerprint density at radius 3 is 2.19 bits per heavy atom. The molecule has 1 aliphatic rings. The van der Waals surface area contributed by atoms with Crippen molar-refractivity contribution in [2.45, 2.75) is 26.3 Å². The van der Waals surface area contributed by atoms with Crippen LogP contribution in [0, 0.1) is 0 Å². The molecule has 0 spiro atoms. The van der Waals surface area contributed by atoms with Crippen molar-refractivity contribution in [3.8, 4) is 0 Å². The van der Waals surface area contributed by atoms with Crippen LogP contribution < -0.4 is 10.0 Å². The van der Waals surface area contributed by atoms with E-state index in [2.05, 4.69) is 13.8 Å². The maximum atomic E-state index is 12.4. The molecule has 114 valence electrons. The molecule has 5 nitrogen and oxygen atoms in total. The summed E-state index contributed by atoms with van der Waals surface area (Å²) in [5.41, 5.74) is 0.629. The Morgan fingerprint density at radius 1 is 1.19 bits per heavy atom. The Bertz CT molecular complexity index is 505. The lowest BCUT2D eigenvalue weighted by atomic mass is 10.1. The van der Waals surface area contributed by atoms with E-state index in [0.29, 0.717) is 11.6 Å². The number of benzene rings is 1. The number of carbonyl (C=O) groups excluding carboxylic acids is 2. The van der Waals surface area contributed by atoms with Crippen molar-refractivity contribution in [1.29, 1.82) is 0 Å². The zero-order chi connectivity index (χ0) is 15.4. The molecule has 0 unspecified atom stereocenters. The first-order valence-electron chi connectivity index (χ1n) is 7.48. The lowest BCUT2D eigenvalue weighted by molar-refractivity contribution is -0.927. The van der Waals surface area contributed by atoms with Gasteiger partial charge in [-0.3, -0.25) is 4.79 Å². The molecule has 0 radical (unpaired) electrons. The van der Waals surface area contributed by atoms with Gasteiger partial charge in [-0.25, -0.2) is 0 Å². The number of carboxylic acid groups (broad SMARTS) is 1. The van der Waals surface area contributed by atoms with E-state index in [-0.39, 0.29) is 11.5 Å². The number of carbonyl (C=O) groups is 2. The average molecular weight is 290 g/mol. The van der Waals surface area contributed by atoms with Gasteiger partial charge in [-0.1, -0.05) is 19.1 Å². The molecule has 1 amide bonds. The summed E-state index contributed by atoms with van der Waals surface area (Å²) in [6.07, 6.45) is 1.15. The van der Waals surface area contributed by atoms with E-state index in [1.807, 2.05) is 4.90 Å². The van der Waals surface area contributed by atoms with Crippen molar-refractivity contribution in [3.05, 3.63) is 35.4 Å². The van der Waals surface area contributed by atoms with Gasteiger partial charge >= 0.3 is 0 Å². The Kier molecular flexibility index (Phi) is 4.96. The molecule has 5 heteroatoms. The summed E-state index contributed by atoms with van der Waals surface area (Å²) in [7, 11) is 0. The van der Waals surface area contributed by atoms with Crippen LogP contribution in [0.1, 0.15) is 41.0 Å². The number of aromatic carboxylic acids is 1. The molecule has 1 saturated heterocycles. The highest BCUT2D eigenvalue weighted by molar-refractivity contribution is 5.95. The number of hydrogen-bond donors (Lipinski definition) is 1. The number of hydrogen-bond acceptors (Lipinski definition) is 3. The number of carboxylic acids is 1. The molecule has 21 heavy (non-hydrogen) atoms. The number of nitrogens with zero attached hydrogens (tertiary/aromatic N) is 1. The van der Waals surface area contributed by atoms with Crippen LogP contribution in [0.4, 0.5) is 0 Å². The zero-order valence-corrected chi connectivity index (χ0v) is 12.6. The van der Waals surface area contributed by atoms with E-state index in [1.54, 1.807) is 17.0 Å². The quantitative estimate of drug-likeness (QED) is 0.789. The fourth-order valence-corrected chi connectivity index (χ4v) is 2.71. The summed E-state index contributed by atoms with van der Waals surface area (Å²) in [6.45, 7) is 7.87. The highest BCUT2D eigenvalue weighted by Crippen LogP contribution is 2.08. The lowest BCUT2D eigenvalue weighted by Gasteiger charge is -2.35. The number of nitrogens with one attached hydrogen (secondary N) is 1. The summed E-state index contributed by atoms with van der Waals surface area (Å²) in [5.74, 6) is -1.25. The first-order valence-corrected chi connectivity index (χ1v) is 7.48. The van der Waals surface area contributed by atoms with E-state index in [4.69, 9.17) is 0 Å². The normalized spacial score (nSPS) is 17.5. The Labute approximate surface area is 125 Å². The standard InChI is InChI=1S/C16H22N2O3/c1-3-12(2)17-8-10-18(11-9-17)15(19)13-4-6-14(7-5-13)16(20)21/h4-7,12H,3,8-11H2,1-2H3,(H,20,21)/t12-/m0/s1. The third-order valence-electron chi connectivity index (χ3n) is 4.37. The molecule has 1 atom stereocenters. The summed E-state index contributed by atoms with van der Waals surface area (Å²) >= 11 is 0. The van der Waals surface area contributed by atoms with Crippen LogP contribution in [0.3, 0.4) is 0 Å². The second kappa shape index (κ2) is 6.72. The van der Waals surface area contributed by atoms with E-state index in [1.165, 1.54) is 12.1 Å². The summed E-state index contributed by atoms with van der Waals surface area (Å²) in [5, 5.41) is 10.7. The summed E-state index contributed by atoms with van der Waals surface area (Å²) in [6, 6.07) is 6.58. The monoisotopic (exact) mass is 290 g/mol. The second-order valence-electron chi connectivity index (χ2n) is 5.62. The molecule has 1 N–H and O–H groups in total. The minimum Gasteiger partial charge on any atom is -0.545 e. The van der Waals surface area contributed by atoms with Crippen molar-refractivity contribution in [2.75, 3.05) is 26.2 Å². The number of piperazine rings is 1. The SMILES string of the molecule is CC[C@H](C)[NH+]1CCN(C(=O)c2ccc(C(=O)[O-])cc2)CC1. The van der Waals surface area contributed by atoms with Gasteiger partial charge < -0.3 is 19.7 Å². The number of quaternary nitrogens is 1. The predicted octanol–water partition coefficient (Wildman–Crippen LogP) is -0.811. The van der Waals surface area contributed by atoms with Crippen molar-refractivity contribution in [2.24, 2.45) is 0 Å². The van der Waals surface area contributed by atoms with Gasteiger partial charge in [0, 0.05) is 5.56 Å². The minimum absolute atomic E-state index is 0.0249. The van der Waals surface area contributed by atoms with Crippen molar-refractivity contribution in [1.82, 2.24) is 4.90 Å². The summed E-state index contributed by atoms with van der Waals surface area (Å²) in [4.78, 5) is 26.5. The van der Waals surface area contributed by atoms with Crippen LogP contribution in [0.5, 0.6) is 0 Å². The smallest absolute Gasteiger partial charge is 0.254 e. The summed E-state index contributed by atoms with van der Waals surface area (Å²) < 4.78 is 0. The highest BCUT2D eigenvalue weighted by Gasteiger charge is 2.26. The molecular formula is C16H22N2O3. The molecule has 1 fully saturated rings. The van der Waals surface area contributed by atoms with E-state index in [0.717, 1.165) is 32.6 Å². The molecule has 2 rings (SSSR count). The minimum atomic E-state index is -1.22. The fourth-order valence-electron chi connectivity index (χ4n) is 2.71. The molecule has 1 heterocycles. The molecule has 0 saturated carbocycles. The molecule has 0 bridgehead atoms. The van der Waals surface area contributed by atoms with Gasteiger partial charge in [0.05, 0.1) is 38.2 Å². The van der Waals surface area contributed by atoms with Gasteiger partial charge in [0.15, 0.2) is 0 Å². The van der Waals surface area contributed by atoms with Crippen molar-refractivity contribution >= 4 is 11.9 Å². The highest BCUT2D eigenvalue weighted by atomic mass is 16.4. The third kappa shape index (κ3) is 3.61. The molecule has 1 aliphatic heterocycles. The van der Waals surface area contributed by atoms with Crippen LogP contribution in [0.15, 0.2) is 24.3 Å². The second-order valence-corrected chi connectivity index (χ2v) is 5.62. The Hall–Kier alpha value is -1.88. The first kappa shape index (κ1) is 15.5. The van der Waals surface area contributed by atoms with E-state index >= 15 is 0 Å². The number of rotatable bonds is 4. The van der Waals surface area contributed by atoms with Gasteiger partial charge in [-0.2, -0.15) is 0 Å². The molecule has 1 aromatic rings. The van der Waals surface area contributed by atoms with Crippen molar-refractivity contribution in [3.63, 3.8) is 0 Å². The van der Waals surface area contributed by atoms with Gasteiger partial charge in [-0.15, -0.1) is 0 Å². The topological polar surface area (TPSA) is 64.9 Å². The zero-order valence-electron chi connectivity index (χ0n) is 12.6. The van der Waals surface area contributed by atoms with Crippen molar-refractivity contribution < 1.29 is 19.6 Å². The fraction of sp³-hybridized carbons (Fsp3) is 0.500. The lowest BCUT2D eigenvalue weighted by Crippen LogP contribution is -3.17. The predicted molar refractivity (Wildman–Crippen MR) is 77.1 cm³/mol. The van der Waals surface area contributed by atoms with Crippen LogP contribution in [-0.2, 0) is 0 Å². The average Bonchev–Trinajstić information content (AvgIpc) is 2.53. The Balaban J connectivity index is 1.97. The third-order valence-corrected chi connectivity index (χ3v) is 4.37. The first-order chi connectivity index (χ1) is 10.0. The number of amides is 1. The largest absolute Gasteiger partial charge is 0.545 e. The molecule has 0 aromatic heterocycles. The van der Waals surface area contributed by atoms with Crippen LogP contribution in [0.2, 0.25) is 0 Å². The molecular weight excluding hydrogens is 268 g/mol. The van der Waals surface area contributed by atoms with E-state index in [9.17, 15) is 14.7 Å². The van der Waals surface area contributed by atoms with Crippen LogP contribution >= 0.6 is 0 Å². The van der Waals surface area contributed by atoms with Crippen LogP contribution in [0.25, 0.3) is 0 Å². The van der Waals surface area contributed by atoms with Gasteiger partial charge in [0.1, 0.15) is 0 Å². The Morgan fingerprint density at radius 2 is 1.71 bits per heavy atom. The van der Waals surface area contributed by atoms with Gasteiger partial charge in [0.2, 0.25) is 0 Å². The van der Waals surface area contributed by atoms with Gasteiger partial charge in [0.25, 0.3) is 5.91 Å². The molecule has 1 aromatic carbocycles. The maximum absolute atomic E-state index is 12.4. The molecule has 0 aliphatic carbocycles.